The van der Waals surface area contributed by atoms with Gasteiger partial charge in [-0.05, 0) is 41.0 Å². The smallest absolute Gasteiger partial charge is 0.0606 e. The van der Waals surface area contributed by atoms with Gasteiger partial charge in [0.2, 0.25) is 0 Å². The van der Waals surface area contributed by atoms with E-state index in [2.05, 4.69) is 83.9 Å². The zero-order valence-corrected chi connectivity index (χ0v) is 14.9. The molecular formula is C22H26N2O. The molecule has 0 aliphatic rings. The van der Waals surface area contributed by atoms with Crippen molar-refractivity contribution in [3.8, 4) is 0 Å². The van der Waals surface area contributed by atoms with Crippen molar-refractivity contribution in [1.29, 1.82) is 0 Å². The van der Waals surface area contributed by atoms with Crippen LogP contribution in [0.4, 0.5) is 5.69 Å². The zero-order valence-electron chi connectivity index (χ0n) is 14.9. The summed E-state index contributed by atoms with van der Waals surface area (Å²) in [6.45, 7) is 3.86. The van der Waals surface area contributed by atoms with Crippen LogP contribution in [0.15, 0.2) is 66.7 Å². The Morgan fingerprint density at radius 1 is 0.960 bits per heavy atom. The van der Waals surface area contributed by atoms with Crippen LogP contribution >= 0.6 is 0 Å². The van der Waals surface area contributed by atoms with Crippen molar-refractivity contribution >= 4 is 16.5 Å². The average molecular weight is 334 g/mol. The number of rotatable bonds is 7. The number of anilines is 1. The number of aliphatic hydroxyl groups excluding tert-OH is 1. The molecule has 0 saturated carbocycles. The van der Waals surface area contributed by atoms with Crippen molar-refractivity contribution in [2.24, 2.45) is 0 Å². The summed E-state index contributed by atoms with van der Waals surface area (Å²) in [5, 5.41) is 15.3. The molecule has 3 rings (SSSR count). The van der Waals surface area contributed by atoms with E-state index in [0.717, 1.165) is 12.2 Å². The molecule has 2 N–H and O–H groups in total. The van der Waals surface area contributed by atoms with E-state index in [1.165, 1.54) is 21.9 Å². The summed E-state index contributed by atoms with van der Waals surface area (Å²) in [6.07, 6.45) is 0. The van der Waals surface area contributed by atoms with E-state index < -0.39 is 0 Å². The number of fused-ring (bicyclic) bond motifs is 1. The Labute approximate surface area is 149 Å². The second-order valence-corrected chi connectivity index (χ2v) is 6.48. The summed E-state index contributed by atoms with van der Waals surface area (Å²) in [5.41, 5.74) is 3.71. The van der Waals surface area contributed by atoms with E-state index in [1.54, 1.807) is 0 Å². The van der Waals surface area contributed by atoms with Gasteiger partial charge in [0.25, 0.3) is 0 Å². The molecule has 0 bridgehead atoms. The lowest BCUT2D eigenvalue weighted by atomic mass is 9.99. The Morgan fingerprint density at radius 2 is 1.68 bits per heavy atom. The molecule has 0 aliphatic carbocycles. The fraction of sp³-hybridized carbons (Fsp3) is 0.273. The molecule has 0 saturated heterocycles. The van der Waals surface area contributed by atoms with Crippen molar-refractivity contribution < 1.29 is 5.11 Å². The van der Waals surface area contributed by atoms with Crippen LogP contribution in [0.25, 0.3) is 10.8 Å². The second-order valence-electron chi connectivity index (χ2n) is 6.48. The molecule has 1 atom stereocenters. The van der Waals surface area contributed by atoms with E-state index in [4.69, 9.17) is 5.11 Å². The third-order valence-corrected chi connectivity index (χ3v) is 4.71. The predicted molar refractivity (Wildman–Crippen MR) is 106 cm³/mol. The first-order valence-corrected chi connectivity index (χ1v) is 8.81. The van der Waals surface area contributed by atoms with Gasteiger partial charge in [0.05, 0.1) is 6.61 Å². The molecule has 0 heterocycles. The number of benzene rings is 3. The summed E-state index contributed by atoms with van der Waals surface area (Å²) >= 11 is 0. The minimum Gasteiger partial charge on any atom is -0.395 e. The Kier molecular flexibility index (Phi) is 5.69. The molecule has 0 radical (unpaired) electrons. The Bertz CT molecular complexity index is 808. The van der Waals surface area contributed by atoms with Crippen LogP contribution in [0.3, 0.4) is 0 Å². The van der Waals surface area contributed by atoms with Crippen LogP contribution < -0.4 is 10.2 Å². The molecule has 130 valence electrons. The minimum atomic E-state index is 0.169. The highest BCUT2D eigenvalue weighted by Gasteiger charge is 2.09. The van der Waals surface area contributed by atoms with Crippen molar-refractivity contribution in [2.45, 2.75) is 19.5 Å². The van der Waals surface area contributed by atoms with E-state index in [9.17, 15) is 0 Å². The van der Waals surface area contributed by atoms with Gasteiger partial charge in [0, 0.05) is 31.9 Å². The van der Waals surface area contributed by atoms with Crippen LogP contribution in [-0.2, 0) is 6.54 Å². The van der Waals surface area contributed by atoms with Crippen LogP contribution in [-0.4, -0.2) is 25.3 Å². The maximum atomic E-state index is 9.03. The predicted octanol–water partition coefficient (Wildman–Crippen LogP) is 4.12. The van der Waals surface area contributed by atoms with Crippen molar-refractivity contribution in [1.82, 2.24) is 5.32 Å². The molecular weight excluding hydrogens is 308 g/mol. The summed E-state index contributed by atoms with van der Waals surface area (Å²) in [5.74, 6) is 0. The SMILES string of the molecule is C[C@@H](NCc1ccc(N(C)CCO)cc1)c1cccc2ccccc12. The summed E-state index contributed by atoms with van der Waals surface area (Å²) in [6, 6.07) is 23.8. The summed E-state index contributed by atoms with van der Waals surface area (Å²) < 4.78 is 0. The molecule has 0 aliphatic heterocycles. The highest BCUT2D eigenvalue weighted by Crippen LogP contribution is 2.24. The fourth-order valence-electron chi connectivity index (χ4n) is 3.16. The highest BCUT2D eigenvalue weighted by atomic mass is 16.3. The normalized spacial score (nSPS) is 12.3. The molecule has 3 aromatic rings. The van der Waals surface area contributed by atoms with Gasteiger partial charge in [0.1, 0.15) is 0 Å². The third kappa shape index (κ3) is 4.19. The first-order chi connectivity index (χ1) is 12.2. The molecule has 0 spiro atoms. The molecule has 0 fully saturated rings. The van der Waals surface area contributed by atoms with Crippen molar-refractivity contribution in [3.63, 3.8) is 0 Å². The van der Waals surface area contributed by atoms with E-state index in [-0.39, 0.29) is 12.6 Å². The number of hydrogen-bond donors (Lipinski definition) is 2. The van der Waals surface area contributed by atoms with Gasteiger partial charge in [-0.25, -0.2) is 0 Å². The Balaban J connectivity index is 1.66. The van der Waals surface area contributed by atoms with E-state index in [0.29, 0.717) is 6.54 Å². The molecule has 3 nitrogen and oxygen atoms in total. The maximum Gasteiger partial charge on any atom is 0.0606 e. The maximum absolute atomic E-state index is 9.03. The third-order valence-electron chi connectivity index (χ3n) is 4.71. The summed E-state index contributed by atoms with van der Waals surface area (Å²) in [7, 11) is 1.99. The Morgan fingerprint density at radius 3 is 2.44 bits per heavy atom. The molecule has 0 unspecified atom stereocenters. The number of nitrogens with one attached hydrogen (secondary N) is 1. The molecule has 0 amide bonds. The van der Waals surface area contributed by atoms with Gasteiger partial charge in [-0.3, -0.25) is 0 Å². The Hall–Kier alpha value is -2.36. The molecule has 3 aromatic carbocycles. The lowest BCUT2D eigenvalue weighted by Gasteiger charge is -2.19. The molecule has 3 heteroatoms. The number of hydrogen-bond acceptors (Lipinski definition) is 3. The van der Waals surface area contributed by atoms with Gasteiger partial charge in [0.15, 0.2) is 0 Å². The largest absolute Gasteiger partial charge is 0.395 e. The van der Waals surface area contributed by atoms with Gasteiger partial charge in [-0.15, -0.1) is 0 Å². The quantitative estimate of drug-likeness (QED) is 0.682. The van der Waals surface area contributed by atoms with E-state index >= 15 is 0 Å². The first-order valence-electron chi connectivity index (χ1n) is 8.81. The van der Waals surface area contributed by atoms with Gasteiger partial charge in [-0.1, -0.05) is 54.6 Å². The van der Waals surface area contributed by atoms with Crippen LogP contribution in [0.2, 0.25) is 0 Å². The molecule has 25 heavy (non-hydrogen) atoms. The molecule has 0 aromatic heterocycles. The number of nitrogens with zero attached hydrogens (tertiary/aromatic N) is 1. The van der Waals surface area contributed by atoms with Crippen LogP contribution in [0.5, 0.6) is 0 Å². The topological polar surface area (TPSA) is 35.5 Å². The monoisotopic (exact) mass is 334 g/mol. The fourth-order valence-corrected chi connectivity index (χ4v) is 3.16. The minimum absolute atomic E-state index is 0.169. The first kappa shape index (κ1) is 17.5. The van der Waals surface area contributed by atoms with Gasteiger partial charge >= 0.3 is 0 Å². The number of aliphatic hydroxyl groups is 1. The number of likely N-dealkylation sites (N-methyl/N-ethyl adjacent to an activating group) is 1. The zero-order chi connectivity index (χ0) is 17.6. The van der Waals surface area contributed by atoms with Crippen molar-refractivity contribution in [2.75, 3.05) is 25.1 Å². The summed E-state index contributed by atoms with van der Waals surface area (Å²) in [4.78, 5) is 2.05. The van der Waals surface area contributed by atoms with Gasteiger partial charge in [-0.2, -0.15) is 0 Å². The highest BCUT2D eigenvalue weighted by molar-refractivity contribution is 5.86. The van der Waals surface area contributed by atoms with Crippen molar-refractivity contribution in [3.05, 3.63) is 77.9 Å². The second kappa shape index (κ2) is 8.15. The van der Waals surface area contributed by atoms with Gasteiger partial charge < -0.3 is 15.3 Å². The van der Waals surface area contributed by atoms with Crippen LogP contribution in [0.1, 0.15) is 24.1 Å². The lowest BCUT2D eigenvalue weighted by Crippen LogP contribution is -2.21. The van der Waals surface area contributed by atoms with Crippen LogP contribution in [0, 0.1) is 0 Å². The average Bonchev–Trinajstić information content (AvgIpc) is 2.66. The van der Waals surface area contributed by atoms with E-state index in [1.807, 2.05) is 7.05 Å². The lowest BCUT2D eigenvalue weighted by molar-refractivity contribution is 0.304. The standard InChI is InChI=1S/C22H26N2O/c1-17(21-9-5-7-19-6-3-4-8-22(19)21)23-16-18-10-12-20(13-11-18)24(2)14-15-25/h3-13,17,23,25H,14-16H2,1-2H3/t17-/m1/s1.